The van der Waals surface area contributed by atoms with Crippen LogP contribution in [0.2, 0.25) is 0 Å². The fraction of sp³-hybridized carbons (Fsp3) is 0.370. The highest BCUT2D eigenvalue weighted by atomic mass is 16.5. The van der Waals surface area contributed by atoms with Crippen molar-refractivity contribution in [2.75, 3.05) is 14.2 Å². The largest absolute Gasteiger partial charge is 0.493 e. The number of carboxylic acids is 2. The van der Waals surface area contributed by atoms with Crippen LogP contribution in [-0.2, 0) is 20.9 Å². The second-order valence-corrected chi connectivity index (χ2v) is 9.38. The number of hydrogen-bond acceptors (Lipinski definition) is 8. The lowest BCUT2D eigenvalue weighted by Crippen LogP contribution is -2.47. The molecule has 0 radical (unpaired) electrons. The third kappa shape index (κ3) is 6.34. The lowest BCUT2D eigenvalue weighted by atomic mass is 10.0. The Labute approximate surface area is 224 Å². The zero-order chi connectivity index (χ0) is 28.1. The number of nitrogens with one attached hydrogen (secondary N) is 1. The van der Waals surface area contributed by atoms with Gasteiger partial charge in [-0.3, -0.25) is 9.78 Å². The average Bonchev–Trinajstić information content (AvgIpc) is 3.52. The molecule has 1 aliphatic heterocycles. The van der Waals surface area contributed by atoms with E-state index in [1.54, 1.807) is 25.2 Å². The number of hydrazine groups is 1. The fourth-order valence-corrected chi connectivity index (χ4v) is 4.84. The van der Waals surface area contributed by atoms with E-state index < -0.39 is 35.5 Å². The van der Waals surface area contributed by atoms with Crippen molar-refractivity contribution in [3.63, 3.8) is 0 Å². The van der Waals surface area contributed by atoms with Gasteiger partial charge in [0.15, 0.2) is 11.5 Å². The number of amides is 3. The Hall–Kier alpha value is -4.45. The van der Waals surface area contributed by atoms with Gasteiger partial charge in [0.2, 0.25) is 5.91 Å². The Kier molecular flexibility index (Phi) is 8.45. The number of methoxy groups -OCH3 is 1. The normalized spacial score (nSPS) is 18.3. The molecule has 1 aromatic carbocycles. The minimum atomic E-state index is -1.42. The van der Waals surface area contributed by atoms with Crippen LogP contribution in [0.3, 0.4) is 0 Å². The molecule has 2 aliphatic rings. The standard InChI is InChI=1S/C27H30N4O8/c1-30-21(17-7-8-22(38-2)23(10-17)39-19-5-3-4-6-19)12-24(32)31(30)27(37)29-14-16-9-18(15-28-13-16)20(26(35)36)11-25(33)34/h7-11,13,15,19,21H,3-6,12,14H2,1-2H3,(H,29,37)(H,33,34)(H,35,36)/b20-11-/t21-/m0/s1. The molecule has 1 atom stereocenters. The summed E-state index contributed by atoms with van der Waals surface area (Å²) in [4.78, 5) is 52.2. The summed E-state index contributed by atoms with van der Waals surface area (Å²) in [7, 11) is 3.22. The maximum Gasteiger partial charge on any atom is 0.339 e. The number of carbonyl (C=O) groups is 4. The first kappa shape index (κ1) is 27.6. The van der Waals surface area contributed by atoms with Gasteiger partial charge < -0.3 is 25.0 Å². The van der Waals surface area contributed by atoms with Crippen LogP contribution < -0.4 is 14.8 Å². The van der Waals surface area contributed by atoms with Crippen LogP contribution in [-0.4, -0.2) is 69.4 Å². The molecule has 0 spiro atoms. The number of urea groups is 1. The molecule has 206 valence electrons. The zero-order valence-corrected chi connectivity index (χ0v) is 21.6. The van der Waals surface area contributed by atoms with Crippen LogP contribution in [0.15, 0.2) is 42.7 Å². The molecule has 0 unspecified atom stereocenters. The Morgan fingerprint density at radius 1 is 1.13 bits per heavy atom. The SMILES string of the molecule is COc1ccc([C@@H]2CC(=O)N(C(=O)NCc3cncc(/C(=C/C(=O)O)C(=O)O)c3)N2C)cc1OC1CCCC1. The van der Waals surface area contributed by atoms with Gasteiger partial charge in [0, 0.05) is 37.6 Å². The number of rotatable bonds is 9. The van der Waals surface area contributed by atoms with Crippen LogP contribution in [0.4, 0.5) is 4.79 Å². The summed E-state index contributed by atoms with van der Waals surface area (Å²) < 4.78 is 11.6. The van der Waals surface area contributed by atoms with Crippen molar-refractivity contribution in [1.82, 2.24) is 20.3 Å². The second kappa shape index (κ2) is 11.9. The van der Waals surface area contributed by atoms with Gasteiger partial charge in [-0.25, -0.2) is 19.4 Å². The molecule has 3 N–H and O–H groups in total. The van der Waals surface area contributed by atoms with Crippen LogP contribution in [0.1, 0.15) is 54.8 Å². The molecule has 1 aromatic heterocycles. The van der Waals surface area contributed by atoms with Crippen molar-refractivity contribution >= 4 is 29.5 Å². The monoisotopic (exact) mass is 538 g/mol. The lowest BCUT2D eigenvalue weighted by Gasteiger charge is -2.27. The van der Waals surface area contributed by atoms with Crippen LogP contribution in [0.25, 0.3) is 5.57 Å². The first-order chi connectivity index (χ1) is 18.7. The number of ether oxygens (including phenoxy) is 2. The van der Waals surface area contributed by atoms with Crippen molar-refractivity contribution in [2.24, 2.45) is 0 Å². The quantitative estimate of drug-likeness (QED) is 0.405. The van der Waals surface area contributed by atoms with Gasteiger partial charge in [-0.2, -0.15) is 5.01 Å². The van der Waals surface area contributed by atoms with E-state index in [1.165, 1.54) is 18.5 Å². The number of benzene rings is 1. The molecule has 2 fully saturated rings. The highest BCUT2D eigenvalue weighted by molar-refractivity contribution is 6.19. The highest BCUT2D eigenvalue weighted by Gasteiger charge is 2.40. The van der Waals surface area contributed by atoms with Gasteiger partial charge in [0.25, 0.3) is 0 Å². The van der Waals surface area contributed by atoms with Gasteiger partial charge in [-0.15, -0.1) is 0 Å². The molecule has 4 rings (SSSR count). The topological polar surface area (TPSA) is 159 Å². The minimum absolute atomic E-state index is 0.0656. The van der Waals surface area contributed by atoms with Crippen molar-refractivity contribution in [2.45, 2.75) is 50.8 Å². The van der Waals surface area contributed by atoms with Gasteiger partial charge in [-0.05, 0) is 55.0 Å². The van der Waals surface area contributed by atoms with E-state index in [9.17, 15) is 24.3 Å². The third-order valence-corrected chi connectivity index (χ3v) is 6.78. The van der Waals surface area contributed by atoms with Crippen molar-refractivity contribution < 1.29 is 38.9 Å². The number of aliphatic carboxylic acids is 2. The maximum atomic E-state index is 13.0. The van der Waals surface area contributed by atoms with Crippen LogP contribution >= 0.6 is 0 Å². The average molecular weight is 539 g/mol. The van der Waals surface area contributed by atoms with E-state index in [0.717, 1.165) is 36.3 Å². The first-order valence-corrected chi connectivity index (χ1v) is 12.5. The minimum Gasteiger partial charge on any atom is -0.493 e. The van der Waals surface area contributed by atoms with Gasteiger partial charge in [0.1, 0.15) is 0 Å². The van der Waals surface area contributed by atoms with E-state index in [-0.39, 0.29) is 24.6 Å². The summed E-state index contributed by atoms with van der Waals surface area (Å²) in [5.41, 5.74) is 0.851. The second-order valence-electron chi connectivity index (χ2n) is 9.38. The Morgan fingerprint density at radius 3 is 2.54 bits per heavy atom. The molecule has 12 heteroatoms. The summed E-state index contributed by atoms with van der Waals surface area (Å²) in [5, 5.41) is 23.5. The van der Waals surface area contributed by atoms with E-state index in [1.807, 2.05) is 12.1 Å². The molecule has 1 saturated heterocycles. The molecule has 2 aromatic rings. The molecule has 12 nitrogen and oxygen atoms in total. The van der Waals surface area contributed by atoms with Crippen molar-refractivity contribution in [1.29, 1.82) is 0 Å². The van der Waals surface area contributed by atoms with E-state index in [0.29, 0.717) is 23.1 Å². The summed E-state index contributed by atoms with van der Waals surface area (Å²) in [6.07, 6.45) is 7.61. The first-order valence-electron chi connectivity index (χ1n) is 12.5. The summed E-state index contributed by atoms with van der Waals surface area (Å²) in [6.45, 7) is -0.0656. The molecule has 3 amide bonds. The summed E-state index contributed by atoms with van der Waals surface area (Å²) >= 11 is 0. The van der Waals surface area contributed by atoms with E-state index >= 15 is 0 Å². The van der Waals surface area contributed by atoms with E-state index in [2.05, 4.69) is 10.3 Å². The number of carbonyl (C=O) groups excluding carboxylic acids is 2. The predicted octanol–water partition coefficient (Wildman–Crippen LogP) is 2.99. The number of hydrogen-bond donors (Lipinski definition) is 3. The van der Waals surface area contributed by atoms with Crippen molar-refractivity contribution in [3.8, 4) is 11.5 Å². The zero-order valence-electron chi connectivity index (χ0n) is 21.6. The Bertz CT molecular complexity index is 1300. The van der Waals surface area contributed by atoms with Gasteiger partial charge >= 0.3 is 18.0 Å². The number of aromatic nitrogens is 1. The molecule has 1 saturated carbocycles. The number of nitrogens with zero attached hydrogens (tertiary/aromatic N) is 3. The molecule has 1 aliphatic carbocycles. The Morgan fingerprint density at radius 2 is 1.87 bits per heavy atom. The van der Waals surface area contributed by atoms with Crippen molar-refractivity contribution in [3.05, 3.63) is 59.4 Å². The Balaban J connectivity index is 1.45. The van der Waals surface area contributed by atoms with Crippen LogP contribution in [0.5, 0.6) is 11.5 Å². The van der Waals surface area contributed by atoms with Gasteiger partial charge in [-0.1, -0.05) is 6.07 Å². The van der Waals surface area contributed by atoms with Crippen LogP contribution in [0, 0.1) is 0 Å². The lowest BCUT2D eigenvalue weighted by molar-refractivity contribution is -0.133. The third-order valence-electron chi connectivity index (χ3n) is 6.78. The smallest absolute Gasteiger partial charge is 0.339 e. The fourth-order valence-electron chi connectivity index (χ4n) is 4.84. The number of pyridine rings is 1. The summed E-state index contributed by atoms with van der Waals surface area (Å²) in [6, 6.07) is 5.85. The molecular formula is C27H30N4O8. The number of carboxylic acid groups (broad SMARTS) is 2. The predicted molar refractivity (Wildman–Crippen MR) is 138 cm³/mol. The highest BCUT2D eigenvalue weighted by Crippen LogP contribution is 2.38. The maximum absolute atomic E-state index is 13.0. The summed E-state index contributed by atoms with van der Waals surface area (Å²) in [5.74, 6) is -2.02. The molecular weight excluding hydrogens is 508 g/mol. The van der Waals surface area contributed by atoms with Gasteiger partial charge in [0.05, 0.1) is 31.2 Å². The number of imide groups is 1. The molecule has 39 heavy (non-hydrogen) atoms. The molecule has 2 heterocycles. The van der Waals surface area contributed by atoms with E-state index in [4.69, 9.17) is 14.6 Å². The molecule has 0 bridgehead atoms.